The Bertz CT molecular complexity index is 428. The summed E-state index contributed by atoms with van der Waals surface area (Å²) in [5, 5.41) is 0. The second-order valence-corrected chi connectivity index (χ2v) is 5.71. The van der Waals surface area contributed by atoms with E-state index in [0.29, 0.717) is 5.92 Å². The van der Waals surface area contributed by atoms with Gasteiger partial charge in [0.15, 0.2) is 0 Å². The van der Waals surface area contributed by atoms with E-state index in [1.807, 2.05) is 0 Å². The lowest BCUT2D eigenvalue weighted by atomic mass is 9.95. The molecule has 1 aromatic rings. The standard InChI is InChI=1S/C14H21N3/c1-9-6-7-10(8-9)14-16-12-5-3-2-4-11(12)13(15)17-14/h9-10H,2-8H2,1H3,(H2,15,16,17). The topological polar surface area (TPSA) is 51.8 Å². The first-order chi connectivity index (χ1) is 8.24. The first-order valence-corrected chi connectivity index (χ1v) is 6.89. The molecule has 1 heterocycles. The van der Waals surface area contributed by atoms with Crippen LogP contribution in [0.4, 0.5) is 5.82 Å². The van der Waals surface area contributed by atoms with Crippen LogP contribution in [0, 0.1) is 5.92 Å². The van der Waals surface area contributed by atoms with Crippen LogP contribution in [0.25, 0.3) is 0 Å². The Morgan fingerprint density at radius 2 is 1.94 bits per heavy atom. The zero-order valence-corrected chi connectivity index (χ0v) is 10.6. The second kappa shape index (κ2) is 4.28. The maximum Gasteiger partial charge on any atom is 0.134 e. The number of hydrogen-bond acceptors (Lipinski definition) is 3. The highest BCUT2D eigenvalue weighted by Gasteiger charge is 2.27. The van der Waals surface area contributed by atoms with Gasteiger partial charge in [-0.1, -0.05) is 6.92 Å². The lowest BCUT2D eigenvalue weighted by Gasteiger charge is -2.19. The first-order valence-electron chi connectivity index (χ1n) is 6.89. The predicted octanol–water partition coefficient (Wildman–Crippen LogP) is 2.84. The maximum absolute atomic E-state index is 6.09. The van der Waals surface area contributed by atoms with Gasteiger partial charge in [-0.2, -0.15) is 0 Å². The molecule has 0 aromatic carbocycles. The zero-order chi connectivity index (χ0) is 11.8. The van der Waals surface area contributed by atoms with E-state index < -0.39 is 0 Å². The van der Waals surface area contributed by atoms with Gasteiger partial charge < -0.3 is 5.73 Å². The molecule has 3 rings (SSSR count). The summed E-state index contributed by atoms with van der Waals surface area (Å²) in [7, 11) is 0. The molecule has 3 nitrogen and oxygen atoms in total. The fraction of sp³-hybridized carbons (Fsp3) is 0.714. The molecule has 1 fully saturated rings. The van der Waals surface area contributed by atoms with Gasteiger partial charge in [-0.15, -0.1) is 0 Å². The Morgan fingerprint density at radius 1 is 1.12 bits per heavy atom. The largest absolute Gasteiger partial charge is 0.383 e. The Kier molecular flexibility index (Phi) is 2.77. The molecular weight excluding hydrogens is 210 g/mol. The third-order valence-corrected chi connectivity index (χ3v) is 4.29. The number of nitrogen functional groups attached to an aromatic ring is 1. The summed E-state index contributed by atoms with van der Waals surface area (Å²) >= 11 is 0. The summed E-state index contributed by atoms with van der Waals surface area (Å²) in [6.07, 6.45) is 8.44. The molecule has 0 radical (unpaired) electrons. The van der Waals surface area contributed by atoms with Crippen LogP contribution in [0.5, 0.6) is 0 Å². The van der Waals surface area contributed by atoms with E-state index >= 15 is 0 Å². The fourth-order valence-corrected chi connectivity index (χ4v) is 3.27. The molecule has 2 unspecified atom stereocenters. The van der Waals surface area contributed by atoms with Gasteiger partial charge in [0.2, 0.25) is 0 Å². The van der Waals surface area contributed by atoms with Crippen molar-refractivity contribution in [1.82, 2.24) is 9.97 Å². The van der Waals surface area contributed by atoms with Crippen molar-refractivity contribution >= 4 is 5.82 Å². The molecule has 0 bridgehead atoms. The number of aromatic nitrogens is 2. The van der Waals surface area contributed by atoms with Crippen LogP contribution in [-0.2, 0) is 12.8 Å². The van der Waals surface area contributed by atoms with Crippen molar-refractivity contribution in [3.63, 3.8) is 0 Å². The summed E-state index contributed by atoms with van der Waals surface area (Å²) in [5.41, 5.74) is 8.56. The number of nitrogens with zero attached hydrogens (tertiary/aromatic N) is 2. The summed E-state index contributed by atoms with van der Waals surface area (Å²) < 4.78 is 0. The van der Waals surface area contributed by atoms with E-state index in [-0.39, 0.29) is 0 Å². The molecule has 1 aromatic heterocycles. The number of rotatable bonds is 1. The van der Waals surface area contributed by atoms with Gasteiger partial charge in [0.25, 0.3) is 0 Å². The van der Waals surface area contributed by atoms with Gasteiger partial charge >= 0.3 is 0 Å². The van der Waals surface area contributed by atoms with Crippen LogP contribution < -0.4 is 5.73 Å². The highest BCUT2D eigenvalue weighted by atomic mass is 15.0. The van der Waals surface area contributed by atoms with Crippen molar-refractivity contribution in [1.29, 1.82) is 0 Å². The van der Waals surface area contributed by atoms with Gasteiger partial charge in [0.05, 0.1) is 0 Å². The lowest BCUT2D eigenvalue weighted by molar-refractivity contribution is 0.578. The summed E-state index contributed by atoms with van der Waals surface area (Å²) in [6, 6.07) is 0. The van der Waals surface area contributed by atoms with Crippen LogP contribution >= 0.6 is 0 Å². The van der Waals surface area contributed by atoms with Crippen molar-refractivity contribution in [3.8, 4) is 0 Å². The van der Waals surface area contributed by atoms with Crippen LogP contribution in [-0.4, -0.2) is 9.97 Å². The molecular formula is C14H21N3. The highest BCUT2D eigenvalue weighted by molar-refractivity contribution is 5.44. The minimum atomic E-state index is 0.555. The molecule has 2 N–H and O–H groups in total. The quantitative estimate of drug-likeness (QED) is 0.808. The summed E-state index contributed by atoms with van der Waals surface area (Å²) in [6.45, 7) is 2.32. The minimum Gasteiger partial charge on any atom is -0.383 e. The number of hydrogen-bond donors (Lipinski definition) is 1. The number of nitrogens with two attached hydrogens (primary N) is 1. The van der Waals surface area contributed by atoms with Gasteiger partial charge in [-0.25, -0.2) is 9.97 Å². The fourth-order valence-electron chi connectivity index (χ4n) is 3.27. The molecule has 0 saturated heterocycles. The predicted molar refractivity (Wildman–Crippen MR) is 68.8 cm³/mol. The van der Waals surface area contributed by atoms with Gasteiger partial charge in [-0.05, 0) is 50.9 Å². The van der Waals surface area contributed by atoms with Crippen molar-refractivity contribution in [2.24, 2.45) is 5.92 Å². The molecule has 0 amide bonds. The van der Waals surface area contributed by atoms with E-state index in [1.165, 1.54) is 43.4 Å². The van der Waals surface area contributed by atoms with Crippen LogP contribution in [0.1, 0.15) is 62.0 Å². The molecule has 92 valence electrons. The van der Waals surface area contributed by atoms with E-state index in [4.69, 9.17) is 10.7 Å². The lowest BCUT2D eigenvalue weighted by Crippen LogP contribution is -2.14. The number of aryl methyl sites for hydroxylation is 1. The van der Waals surface area contributed by atoms with E-state index in [1.54, 1.807) is 0 Å². The normalized spacial score (nSPS) is 28.1. The summed E-state index contributed by atoms with van der Waals surface area (Å²) in [4.78, 5) is 9.37. The first kappa shape index (κ1) is 11.0. The smallest absolute Gasteiger partial charge is 0.134 e. The van der Waals surface area contributed by atoms with Crippen molar-refractivity contribution in [2.75, 3.05) is 5.73 Å². The Balaban J connectivity index is 1.93. The van der Waals surface area contributed by atoms with Crippen molar-refractivity contribution in [2.45, 2.75) is 57.8 Å². The zero-order valence-electron chi connectivity index (χ0n) is 10.6. The molecule has 3 heteroatoms. The third-order valence-electron chi connectivity index (χ3n) is 4.29. The molecule has 2 atom stereocenters. The molecule has 17 heavy (non-hydrogen) atoms. The van der Waals surface area contributed by atoms with E-state index in [0.717, 1.165) is 30.4 Å². The number of anilines is 1. The van der Waals surface area contributed by atoms with Gasteiger partial charge in [-0.3, -0.25) is 0 Å². The highest BCUT2D eigenvalue weighted by Crippen LogP contribution is 2.37. The van der Waals surface area contributed by atoms with Gasteiger partial charge in [0.1, 0.15) is 11.6 Å². The Morgan fingerprint density at radius 3 is 2.71 bits per heavy atom. The molecule has 2 aliphatic carbocycles. The van der Waals surface area contributed by atoms with E-state index in [2.05, 4.69) is 11.9 Å². The van der Waals surface area contributed by atoms with Crippen molar-refractivity contribution < 1.29 is 0 Å². The number of fused-ring (bicyclic) bond motifs is 1. The average Bonchev–Trinajstić information content (AvgIpc) is 2.76. The van der Waals surface area contributed by atoms with Gasteiger partial charge in [0, 0.05) is 17.2 Å². The minimum absolute atomic E-state index is 0.555. The van der Waals surface area contributed by atoms with E-state index in [9.17, 15) is 0 Å². The van der Waals surface area contributed by atoms with Crippen LogP contribution in [0.3, 0.4) is 0 Å². The second-order valence-electron chi connectivity index (χ2n) is 5.71. The van der Waals surface area contributed by atoms with Crippen LogP contribution in [0.2, 0.25) is 0 Å². The molecule has 0 spiro atoms. The average molecular weight is 231 g/mol. The Labute approximate surface area is 103 Å². The summed E-state index contributed by atoms with van der Waals surface area (Å²) in [5.74, 6) is 3.15. The Hall–Kier alpha value is -1.12. The SMILES string of the molecule is CC1CCC(c2nc(N)c3c(n2)CCCC3)C1. The van der Waals surface area contributed by atoms with Crippen LogP contribution in [0.15, 0.2) is 0 Å². The molecule has 1 saturated carbocycles. The molecule has 0 aliphatic heterocycles. The van der Waals surface area contributed by atoms with Crippen molar-refractivity contribution in [3.05, 3.63) is 17.1 Å². The maximum atomic E-state index is 6.09. The molecule has 2 aliphatic rings. The third kappa shape index (κ3) is 2.03. The monoisotopic (exact) mass is 231 g/mol.